The van der Waals surface area contributed by atoms with Crippen LogP contribution in [0.2, 0.25) is 0 Å². The zero-order valence-electron chi connectivity index (χ0n) is 19.8. The van der Waals surface area contributed by atoms with E-state index in [-0.39, 0.29) is 33.9 Å². The molecule has 35 heavy (non-hydrogen) atoms. The second kappa shape index (κ2) is 9.51. The van der Waals surface area contributed by atoms with Crippen molar-refractivity contribution in [1.82, 2.24) is 14.9 Å². The number of halogens is 1. The Morgan fingerprint density at radius 1 is 1.29 bits per heavy atom. The van der Waals surface area contributed by atoms with E-state index in [1.54, 1.807) is 29.1 Å². The van der Waals surface area contributed by atoms with E-state index in [9.17, 15) is 14.4 Å². The minimum absolute atomic E-state index is 0.0728. The van der Waals surface area contributed by atoms with Crippen molar-refractivity contribution in [3.05, 3.63) is 58.4 Å². The molecule has 1 aliphatic carbocycles. The quantitative estimate of drug-likeness (QED) is 0.446. The van der Waals surface area contributed by atoms with Gasteiger partial charge in [-0.05, 0) is 86.5 Å². The molecule has 2 fully saturated rings. The molecular formula is C26H28FN5O2S. The maximum atomic E-state index is 14.7. The molecule has 1 spiro atoms. The van der Waals surface area contributed by atoms with Crippen molar-refractivity contribution in [2.45, 2.75) is 50.8 Å². The molecule has 1 aliphatic heterocycles. The molecule has 0 unspecified atom stereocenters. The van der Waals surface area contributed by atoms with Crippen molar-refractivity contribution in [2.75, 3.05) is 17.8 Å². The van der Waals surface area contributed by atoms with Gasteiger partial charge in [-0.2, -0.15) is 5.26 Å². The largest absolute Gasteiger partial charge is 0.453 e. The number of piperidine rings is 1. The lowest BCUT2D eigenvalue weighted by molar-refractivity contribution is 0.0270. The van der Waals surface area contributed by atoms with Gasteiger partial charge in [-0.25, -0.2) is 9.37 Å². The lowest BCUT2D eigenvalue weighted by Crippen LogP contribution is -2.47. The molecule has 2 aliphatic rings. The van der Waals surface area contributed by atoms with Crippen LogP contribution in [-0.4, -0.2) is 27.9 Å². The van der Waals surface area contributed by atoms with Gasteiger partial charge in [0, 0.05) is 11.3 Å². The Morgan fingerprint density at radius 2 is 2.06 bits per heavy atom. The molecule has 2 N–H and O–H groups in total. The Hall–Kier alpha value is -3.09. The smallest absolute Gasteiger partial charge is 0.261 e. The molecule has 1 saturated carbocycles. The number of hydrogen-bond acceptors (Lipinski definition) is 7. The highest BCUT2D eigenvalue weighted by Crippen LogP contribution is 2.53. The second-order valence-corrected chi connectivity index (χ2v) is 11.1. The van der Waals surface area contributed by atoms with Crippen LogP contribution in [-0.2, 0) is 0 Å². The first-order valence-electron chi connectivity index (χ1n) is 11.9. The fourth-order valence-corrected chi connectivity index (χ4v) is 5.63. The first kappa shape index (κ1) is 23.6. The van der Waals surface area contributed by atoms with Crippen LogP contribution in [0, 0.1) is 22.6 Å². The van der Waals surface area contributed by atoms with Gasteiger partial charge in [0.05, 0.1) is 22.9 Å². The summed E-state index contributed by atoms with van der Waals surface area (Å²) >= 11 is 1.42. The standard InChI is InChI=1S/C26H28FN5O2S/c1-16(2)35-31-23-6-4-21(27)24(20(23)14-28)34-18-3-5-22-19(11-18)25(33)32(15-30-22)17-12-26(13-17)7-9-29-10-8-26/h3-6,11,15-17,29,31H,7-10,12-13H2,1-2H3. The highest BCUT2D eigenvalue weighted by atomic mass is 32.2. The molecule has 2 aromatic carbocycles. The first-order chi connectivity index (χ1) is 16.9. The number of anilines is 1. The normalized spacial score (nSPS) is 17.3. The highest BCUT2D eigenvalue weighted by molar-refractivity contribution is 8.01. The van der Waals surface area contributed by atoms with Crippen molar-refractivity contribution in [3.63, 3.8) is 0 Å². The summed E-state index contributed by atoms with van der Waals surface area (Å²) in [5.41, 5.74) is 1.32. The summed E-state index contributed by atoms with van der Waals surface area (Å²) in [6, 6.07) is 9.88. The number of rotatable bonds is 6. The third-order valence-corrected chi connectivity index (χ3v) is 7.80. The summed E-state index contributed by atoms with van der Waals surface area (Å²) in [7, 11) is 0. The minimum Gasteiger partial charge on any atom is -0.453 e. The zero-order valence-corrected chi connectivity index (χ0v) is 20.6. The summed E-state index contributed by atoms with van der Waals surface area (Å²) in [6.45, 7) is 6.09. The monoisotopic (exact) mass is 493 g/mol. The molecule has 0 atom stereocenters. The summed E-state index contributed by atoms with van der Waals surface area (Å²) < 4.78 is 25.4. The average Bonchev–Trinajstić information content (AvgIpc) is 2.84. The van der Waals surface area contributed by atoms with Crippen LogP contribution < -0.4 is 20.3 Å². The van der Waals surface area contributed by atoms with Crippen LogP contribution in [0.15, 0.2) is 41.5 Å². The Morgan fingerprint density at radius 3 is 2.77 bits per heavy atom. The molecule has 0 amide bonds. The molecule has 9 heteroatoms. The van der Waals surface area contributed by atoms with Gasteiger partial charge in [0.2, 0.25) is 0 Å². The third-order valence-electron chi connectivity index (χ3n) is 6.99. The molecule has 5 rings (SSSR count). The Kier molecular flexibility index (Phi) is 6.43. The van der Waals surface area contributed by atoms with Crippen LogP contribution in [0.4, 0.5) is 10.1 Å². The summed E-state index contributed by atoms with van der Waals surface area (Å²) in [5.74, 6) is -0.536. The van der Waals surface area contributed by atoms with Crippen LogP contribution in [0.25, 0.3) is 10.9 Å². The molecular weight excluding hydrogens is 465 g/mol. The minimum atomic E-state index is -0.646. The van der Waals surface area contributed by atoms with Gasteiger partial charge in [0.15, 0.2) is 11.6 Å². The molecule has 1 saturated heterocycles. The van der Waals surface area contributed by atoms with E-state index in [0.29, 0.717) is 22.0 Å². The van der Waals surface area contributed by atoms with Gasteiger partial charge in [0.25, 0.3) is 5.56 Å². The van der Waals surface area contributed by atoms with Gasteiger partial charge in [-0.3, -0.25) is 9.36 Å². The molecule has 182 valence electrons. The van der Waals surface area contributed by atoms with E-state index in [0.717, 1.165) is 38.8 Å². The van der Waals surface area contributed by atoms with Crippen molar-refractivity contribution in [2.24, 2.45) is 5.41 Å². The Bertz CT molecular complexity index is 1350. The summed E-state index contributed by atoms with van der Waals surface area (Å²) in [6.07, 6.45) is 5.91. The summed E-state index contributed by atoms with van der Waals surface area (Å²) in [4.78, 5) is 17.8. The highest BCUT2D eigenvalue weighted by Gasteiger charge is 2.45. The van der Waals surface area contributed by atoms with E-state index < -0.39 is 5.82 Å². The average molecular weight is 494 g/mol. The van der Waals surface area contributed by atoms with Crippen LogP contribution in [0.1, 0.15) is 51.1 Å². The van der Waals surface area contributed by atoms with Gasteiger partial charge in [-0.1, -0.05) is 13.8 Å². The second-order valence-electron chi connectivity index (χ2n) is 9.73. The molecule has 3 aromatic rings. The van der Waals surface area contributed by atoms with Crippen LogP contribution >= 0.6 is 11.9 Å². The van der Waals surface area contributed by atoms with E-state index >= 15 is 0 Å². The van der Waals surface area contributed by atoms with Gasteiger partial charge >= 0.3 is 0 Å². The van der Waals surface area contributed by atoms with Crippen molar-refractivity contribution < 1.29 is 9.13 Å². The zero-order chi connectivity index (χ0) is 24.6. The maximum Gasteiger partial charge on any atom is 0.261 e. The maximum absolute atomic E-state index is 14.7. The van der Waals surface area contributed by atoms with Gasteiger partial charge in [0.1, 0.15) is 17.4 Å². The number of benzene rings is 2. The first-order valence-corrected chi connectivity index (χ1v) is 12.8. The Balaban J connectivity index is 1.43. The third kappa shape index (κ3) is 4.60. The van der Waals surface area contributed by atoms with Crippen molar-refractivity contribution >= 4 is 28.5 Å². The van der Waals surface area contributed by atoms with Gasteiger partial charge in [-0.15, -0.1) is 0 Å². The number of nitrogens with zero attached hydrogens (tertiary/aromatic N) is 3. The predicted octanol–water partition coefficient (Wildman–Crippen LogP) is 5.37. The number of nitrogens with one attached hydrogen (secondary N) is 2. The number of ether oxygens (including phenoxy) is 1. The molecule has 2 heterocycles. The fourth-order valence-electron chi connectivity index (χ4n) is 5.09. The van der Waals surface area contributed by atoms with Crippen LogP contribution in [0.5, 0.6) is 11.5 Å². The molecule has 0 bridgehead atoms. The van der Waals surface area contributed by atoms with Crippen molar-refractivity contribution in [3.8, 4) is 17.6 Å². The number of aromatic nitrogens is 2. The molecule has 1 aromatic heterocycles. The topological polar surface area (TPSA) is 92.0 Å². The molecule has 7 nitrogen and oxygen atoms in total. The summed E-state index contributed by atoms with van der Waals surface area (Å²) in [5, 5.41) is 13.8. The van der Waals surface area contributed by atoms with Crippen molar-refractivity contribution in [1.29, 1.82) is 5.26 Å². The van der Waals surface area contributed by atoms with E-state index in [4.69, 9.17) is 4.74 Å². The van der Waals surface area contributed by atoms with Gasteiger partial charge < -0.3 is 14.8 Å². The van der Waals surface area contributed by atoms with E-state index in [2.05, 4.69) is 15.0 Å². The van der Waals surface area contributed by atoms with Crippen LogP contribution in [0.3, 0.4) is 0 Å². The number of nitriles is 1. The Labute approximate surface area is 207 Å². The number of hydrogen-bond donors (Lipinski definition) is 2. The lowest BCUT2D eigenvalue weighted by Gasteiger charge is -2.50. The lowest BCUT2D eigenvalue weighted by atomic mass is 9.60. The van der Waals surface area contributed by atoms with E-state index in [1.165, 1.54) is 24.1 Å². The fraction of sp³-hybridized carbons (Fsp3) is 0.423. The predicted molar refractivity (Wildman–Crippen MR) is 136 cm³/mol. The number of fused-ring (bicyclic) bond motifs is 1. The molecule has 0 radical (unpaired) electrons. The SMILES string of the molecule is CC(C)SNc1ccc(F)c(Oc2ccc3ncn(C4CC5(CCNCC5)C4)c(=O)c3c2)c1C#N. The van der Waals surface area contributed by atoms with E-state index in [1.807, 2.05) is 19.9 Å².